The van der Waals surface area contributed by atoms with Gasteiger partial charge >= 0.3 is 5.69 Å². The van der Waals surface area contributed by atoms with Crippen LogP contribution in [0.1, 0.15) is 30.1 Å². The van der Waals surface area contributed by atoms with Crippen LogP contribution >= 0.6 is 0 Å². The van der Waals surface area contributed by atoms with Gasteiger partial charge in [0, 0.05) is 18.2 Å². The van der Waals surface area contributed by atoms with Crippen LogP contribution in [0.15, 0.2) is 18.2 Å². The second kappa shape index (κ2) is 5.54. The van der Waals surface area contributed by atoms with Crippen molar-refractivity contribution in [2.24, 2.45) is 0 Å². The van der Waals surface area contributed by atoms with Crippen molar-refractivity contribution >= 4 is 11.6 Å². The number of nitrogens with zero attached hydrogens (tertiary/aromatic N) is 1. The molecular weight excluding hydrogens is 267 g/mol. The van der Waals surface area contributed by atoms with Crippen molar-refractivity contribution in [3.8, 4) is 0 Å². The van der Waals surface area contributed by atoms with Crippen LogP contribution in [0.2, 0.25) is 0 Å². The van der Waals surface area contributed by atoms with Gasteiger partial charge in [0.2, 0.25) is 5.82 Å². The normalized spacial score (nSPS) is 22.3. The van der Waals surface area contributed by atoms with Gasteiger partial charge in [-0.3, -0.25) is 14.9 Å². The largest absolute Gasteiger partial charge is 0.379 e. The molecule has 1 fully saturated rings. The first-order chi connectivity index (χ1) is 9.41. The lowest BCUT2D eigenvalue weighted by Crippen LogP contribution is -2.51. The molecule has 0 spiro atoms. The SMILES string of the molecule is CC1(NC(=O)c2ccc(F)c([N+](=O)[O-])c2)CCCOC1. The zero-order chi connectivity index (χ0) is 14.8. The van der Waals surface area contributed by atoms with E-state index in [9.17, 15) is 19.3 Å². The molecule has 1 saturated heterocycles. The zero-order valence-corrected chi connectivity index (χ0v) is 11.0. The molecule has 108 valence electrons. The number of benzene rings is 1. The summed E-state index contributed by atoms with van der Waals surface area (Å²) in [6, 6.07) is 3.09. The fraction of sp³-hybridized carbons (Fsp3) is 0.462. The molecule has 1 aliphatic heterocycles. The van der Waals surface area contributed by atoms with Crippen LogP contribution in [0.5, 0.6) is 0 Å². The van der Waals surface area contributed by atoms with Crippen LogP contribution in [0.25, 0.3) is 0 Å². The third-order valence-corrected chi connectivity index (χ3v) is 3.26. The molecular formula is C13H15FN2O4. The summed E-state index contributed by atoms with van der Waals surface area (Å²) in [7, 11) is 0. The van der Waals surface area contributed by atoms with Gasteiger partial charge < -0.3 is 10.1 Å². The van der Waals surface area contributed by atoms with E-state index in [1.165, 1.54) is 6.07 Å². The smallest absolute Gasteiger partial charge is 0.305 e. The average Bonchev–Trinajstić information content (AvgIpc) is 2.39. The summed E-state index contributed by atoms with van der Waals surface area (Å²) >= 11 is 0. The van der Waals surface area contributed by atoms with Crippen molar-refractivity contribution in [1.29, 1.82) is 0 Å². The minimum absolute atomic E-state index is 0.0601. The van der Waals surface area contributed by atoms with Crippen molar-refractivity contribution < 1.29 is 18.8 Å². The van der Waals surface area contributed by atoms with E-state index in [0.29, 0.717) is 13.2 Å². The molecule has 1 heterocycles. The molecule has 0 aromatic heterocycles. The topological polar surface area (TPSA) is 81.5 Å². The fourth-order valence-corrected chi connectivity index (χ4v) is 2.17. The van der Waals surface area contributed by atoms with Crippen molar-refractivity contribution in [1.82, 2.24) is 5.32 Å². The summed E-state index contributed by atoms with van der Waals surface area (Å²) in [6.45, 7) is 2.90. The van der Waals surface area contributed by atoms with E-state index in [0.717, 1.165) is 25.0 Å². The van der Waals surface area contributed by atoms with Crippen molar-refractivity contribution in [2.45, 2.75) is 25.3 Å². The highest BCUT2D eigenvalue weighted by atomic mass is 19.1. The number of rotatable bonds is 3. The highest BCUT2D eigenvalue weighted by molar-refractivity contribution is 5.95. The van der Waals surface area contributed by atoms with Gasteiger partial charge in [0.05, 0.1) is 17.1 Å². The Kier molecular flexibility index (Phi) is 3.99. The second-order valence-electron chi connectivity index (χ2n) is 5.09. The molecule has 1 atom stereocenters. The molecule has 1 amide bonds. The standard InChI is InChI=1S/C13H15FN2O4/c1-13(5-2-6-20-8-13)15-12(17)9-3-4-10(14)11(7-9)16(18)19/h3-4,7H,2,5-6,8H2,1H3,(H,15,17). The minimum atomic E-state index is -0.959. The Labute approximate surface area is 115 Å². The number of nitrogens with one attached hydrogen (secondary N) is 1. The Morgan fingerprint density at radius 2 is 2.30 bits per heavy atom. The summed E-state index contributed by atoms with van der Waals surface area (Å²) in [5.41, 5.74) is -1.15. The van der Waals surface area contributed by atoms with Crippen LogP contribution in [0.4, 0.5) is 10.1 Å². The fourth-order valence-electron chi connectivity index (χ4n) is 2.17. The number of halogens is 1. The van der Waals surface area contributed by atoms with Crippen molar-refractivity contribution in [2.75, 3.05) is 13.2 Å². The molecule has 7 heteroatoms. The van der Waals surface area contributed by atoms with Gasteiger partial charge in [-0.25, -0.2) is 0 Å². The summed E-state index contributed by atoms with van der Waals surface area (Å²) in [6.07, 6.45) is 1.60. The number of ether oxygens (including phenoxy) is 1. The van der Waals surface area contributed by atoms with Gasteiger partial charge in [-0.05, 0) is 31.9 Å². The van der Waals surface area contributed by atoms with Crippen LogP contribution in [-0.4, -0.2) is 29.6 Å². The molecule has 0 bridgehead atoms. The van der Waals surface area contributed by atoms with Gasteiger partial charge in [0.15, 0.2) is 0 Å². The third-order valence-electron chi connectivity index (χ3n) is 3.26. The summed E-state index contributed by atoms with van der Waals surface area (Å²) < 4.78 is 18.5. The predicted octanol–water partition coefficient (Wildman–Crippen LogP) is 2.03. The molecule has 1 unspecified atom stereocenters. The Bertz CT molecular complexity index is 541. The quantitative estimate of drug-likeness (QED) is 0.679. The van der Waals surface area contributed by atoms with Crippen LogP contribution in [-0.2, 0) is 4.74 Å². The minimum Gasteiger partial charge on any atom is -0.379 e. The van der Waals surface area contributed by atoms with E-state index in [2.05, 4.69) is 5.32 Å². The molecule has 0 aliphatic carbocycles. The number of nitro benzene ring substituents is 1. The van der Waals surface area contributed by atoms with Gasteiger partial charge in [-0.2, -0.15) is 4.39 Å². The lowest BCUT2D eigenvalue weighted by Gasteiger charge is -2.34. The van der Waals surface area contributed by atoms with E-state index in [4.69, 9.17) is 4.74 Å². The van der Waals surface area contributed by atoms with Gasteiger partial charge in [0.1, 0.15) is 0 Å². The van der Waals surface area contributed by atoms with Crippen LogP contribution < -0.4 is 5.32 Å². The molecule has 6 nitrogen and oxygen atoms in total. The Morgan fingerprint density at radius 1 is 1.55 bits per heavy atom. The molecule has 20 heavy (non-hydrogen) atoms. The molecule has 2 rings (SSSR count). The molecule has 0 radical (unpaired) electrons. The monoisotopic (exact) mass is 282 g/mol. The molecule has 1 aromatic rings. The maximum absolute atomic E-state index is 13.2. The van der Waals surface area contributed by atoms with Crippen LogP contribution in [0.3, 0.4) is 0 Å². The summed E-state index contributed by atoms with van der Waals surface area (Å²) in [5, 5.41) is 13.5. The van der Waals surface area contributed by atoms with E-state index in [-0.39, 0.29) is 5.56 Å². The maximum atomic E-state index is 13.2. The van der Waals surface area contributed by atoms with E-state index in [1.54, 1.807) is 0 Å². The third kappa shape index (κ3) is 3.11. The maximum Gasteiger partial charge on any atom is 0.305 e. The highest BCUT2D eigenvalue weighted by Gasteiger charge is 2.30. The first-order valence-electron chi connectivity index (χ1n) is 6.25. The highest BCUT2D eigenvalue weighted by Crippen LogP contribution is 2.21. The van der Waals surface area contributed by atoms with Gasteiger partial charge in [-0.1, -0.05) is 0 Å². The number of amides is 1. The molecule has 0 saturated carbocycles. The Morgan fingerprint density at radius 3 is 2.90 bits per heavy atom. The van der Waals surface area contributed by atoms with Crippen molar-refractivity contribution in [3.05, 3.63) is 39.7 Å². The Balaban J connectivity index is 2.17. The van der Waals surface area contributed by atoms with E-state index < -0.39 is 27.9 Å². The van der Waals surface area contributed by atoms with Gasteiger partial charge in [-0.15, -0.1) is 0 Å². The lowest BCUT2D eigenvalue weighted by molar-refractivity contribution is -0.387. The number of hydrogen-bond acceptors (Lipinski definition) is 4. The summed E-state index contributed by atoms with van der Waals surface area (Å²) in [5.74, 6) is -1.43. The first kappa shape index (κ1) is 14.4. The zero-order valence-electron chi connectivity index (χ0n) is 11.0. The van der Waals surface area contributed by atoms with E-state index >= 15 is 0 Å². The number of carbonyl (C=O) groups is 1. The van der Waals surface area contributed by atoms with Gasteiger partial charge in [0.25, 0.3) is 5.91 Å². The predicted molar refractivity (Wildman–Crippen MR) is 69.0 cm³/mol. The molecule has 1 aliphatic rings. The summed E-state index contributed by atoms with van der Waals surface area (Å²) in [4.78, 5) is 21.9. The van der Waals surface area contributed by atoms with E-state index in [1.807, 2.05) is 6.92 Å². The van der Waals surface area contributed by atoms with Crippen molar-refractivity contribution in [3.63, 3.8) is 0 Å². The second-order valence-corrected chi connectivity index (χ2v) is 5.09. The lowest BCUT2D eigenvalue weighted by atomic mass is 9.94. The van der Waals surface area contributed by atoms with Crippen LogP contribution in [0, 0.1) is 15.9 Å². The molecule has 1 aromatic carbocycles. The average molecular weight is 282 g/mol. The number of nitro groups is 1. The number of carbonyl (C=O) groups excluding carboxylic acids is 1. The number of hydrogen-bond donors (Lipinski definition) is 1. The Hall–Kier alpha value is -2.02. The molecule has 1 N–H and O–H groups in total. The first-order valence-corrected chi connectivity index (χ1v) is 6.25.